The van der Waals surface area contributed by atoms with E-state index >= 15 is 0 Å². The van der Waals surface area contributed by atoms with Gasteiger partial charge < -0.3 is 4.18 Å². The molecule has 0 radical (unpaired) electrons. The summed E-state index contributed by atoms with van der Waals surface area (Å²) in [6, 6.07) is 4.64. The Bertz CT molecular complexity index is 762. The molecule has 0 N–H and O–H groups in total. The summed E-state index contributed by atoms with van der Waals surface area (Å²) in [5.74, 6) is -1.80. The van der Waals surface area contributed by atoms with Gasteiger partial charge in [-0.2, -0.15) is 21.6 Å². The normalized spacial score (nSPS) is 12.4. The Morgan fingerprint density at radius 2 is 1.77 bits per heavy atom. The summed E-state index contributed by atoms with van der Waals surface area (Å²) in [5, 5.41) is 1.14. The smallest absolute Gasteiger partial charge is 0.380 e. The van der Waals surface area contributed by atoms with Crippen molar-refractivity contribution in [2.45, 2.75) is 13.1 Å². The summed E-state index contributed by atoms with van der Waals surface area (Å²) in [4.78, 5) is -1.15. The first-order chi connectivity index (χ1) is 10.1. The lowest BCUT2D eigenvalue weighted by atomic mass is 10.1. The summed E-state index contributed by atoms with van der Waals surface area (Å²) < 4.78 is 79.6. The van der Waals surface area contributed by atoms with Gasteiger partial charge in [0.15, 0.2) is 10.6 Å². The van der Waals surface area contributed by atoms with E-state index in [1.165, 1.54) is 19.1 Å². The van der Waals surface area contributed by atoms with Gasteiger partial charge >= 0.3 is 16.3 Å². The maximum Gasteiger partial charge on any atom is 0.429 e. The Morgan fingerprint density at radius 1 is 1.18 bits per heavy atom. The van der Waals surface area contributed by atoms with Crippen molar-refractivity contribution in [3.05, 3.63) is 40.3 Å². The fourth-order valence-corrected chi connectivity index (χ4v) is 3.11. The van der Waals surface area contributed by atoms with Gasteiger partial charge in [0.05, 0.1) is 5.75 Å². The van der Waals surface area contributed by atoms with E-state index in [2.05, 4.69) is 4.18 Å². The SMILES string of the molecule is CCS(=O)(=O)Oc1c(-c2ccc(F)cc2)csc1C(F)(F)F. The predicted molar refractivity (Wildman–Crippen MR) is 74.8 cm³/mol. The lowest BCUT2D eigenvalue weighted by Gasteiger charge is -2.11. The molecule has 1 aromatic carbocycles. The molecule has 0 atom stereocenters. The van der Waals surface area contributed by atoms with Crippen molar-refractivity contribution in [2.24, 2.45) is 0 Å². The standard InChI is InChI=1S/C13H10F4O3S2/c1-2-22(18,19)20-11-10(7-21-12(11)13(15,16)17)8-3-5-9(14)6-4-8/h3-7H,2H2,1H3. The van der Waals surface area contributed by atoms with Gasteiger partial charge in [-0.15, -0.1) is 11.3 Å². The Labute approximate surface area is 128 Å². The van der Waals surface area contributed by atoms with E-state index in [0.717, 1.165) is 17.5 Å². The second kappa shape index (κ2) is 5.88. The molecule has 9 heteroatoms. The van der Waals surface area contributed by atoms with Crippen LogP contribution in [0.3, 0.4) is 0 Å². The molecule has 0 fully saturated rings. The Kier molecular flexibility index (Phi) is 4.48. The van der Waals surface area contributed by atoms with E-state index in [1.54, 1.807) is 0 Å². The first kappa shape index (κ1) is 16.8. The average Bonchev–Trinajstić information content (AvgIpc) is 2.82. The van der Waals surface area contributed by atoms with Gasteiger partial charge in [0.2, 0.25) is 0 Å². The maximum absolute atomic E-state index is 13.0. The zero-order chi connectivity index (χ0) is 16.5. The number of thiophene rings is 1. The third kappa shape index (κ3) is 3.58. The summed E-state index contributed by atoms with van der Waals surface area (Å²) in [7, 11) is -4.13. The van der Waals surface area contributed by atoms with Crippen molar-refractivity contribution in [1.29, 1.82) is 0 Å². The molecule has 0 bridgehead atoms. The Morgan fingerprint density at radius 3 is 2.27 bits per heavy atom. The monoisotopic (exact) mass is 354 g/mol. The fraction of sp³-hybridized carbons (Fsp3) is 0.231. The highest BCUT2D eigenvalue weighted by Crippen LogP contribution is 2.47. The number of alkyl halides is 3. The van der Waals surface area contributed by atoms with Crippen LogP contribution in [0.4, 0.5) is 17.6 Å². The topological polar surface area (TPSA) is 43.4 Å². The number of halogens is 4. The van der Waals surface area contributed by atoms with Crippen LogP contribution >= 0.6 is 11.3 Å². The minimum absolute atomic E-state index is 0.0469. The van der Waals surface area contributed by atoms with Gasteiger partial charge in [-0.05, 0) is 24.6 Å². The number of hydrogen-bond donors (Lipinski definition) is 0. The third-order valence-electron chi connectivity index (χ3n) is 2.72. The third-order valence-corrected chi connectivity index (χ3v) is 4.86. The molecule has 0 amide bonds. The molecule has 2 rings (SSSR count). The highest BCUT2D eigenvalue weighted by Gasteiger charge is 2.39. The van der Waals surface area contributed by atoms with Gasteiger partial charge in [-0.1, -0.05) is 12.1 Å². The van der Waals surface area contributed by atoms with Crippen molar-refractivity contribution in [1.82, 2.24) is 0 Å². The molecule has 0 unspecified atom stereocenters. The van der Waals surface area contributed by atoms with E-state index < -0.39 is 38.5 Å². The van der Waals surface area contributed by atoms with Gasteiger partial charge in [-0.25, -0.2) is 4.39 Å². The molecule has 0 aliphatic heterocycles. The van der Waals surface area contributed by atoms with Crippen LogP contribution in [-0.2, 0) is 16.3 Å². The summed E-state index contributed by atoms with van der Waals surface area (Å²) in [5.41, 5.74) is 0.184. The van der Waals surface area contributed by atoms with Gasteiger partial charge in [0.25, 0.3) is 0 Å². The molecule has 1 aromatic heterocycles. The second-order valence-electron chi connectivity index (χ2n) is 4.24. The van der Waals surface area contributed by atoms with E-state index in [0.29, 0.717) is 11.3 Å². The van der Waals surface area contributed by atoms with Crippen molar-refractivity contribution < 1.29 is 30.2 Å². The van der Waals surface area contributed by atoms with Crippen LogP contribution < -0.4 is 4.18 Å². The van der Waals surface area contributed by atoms with Crippen molar-refractivity contribution in [3.63, 3.8) is 0 Å². The van der Waals surface area contributed by atoms with Crippen molar-refractivity contribution in [2.75, 3.05) is 5.75 Å². The highest BCUT2D eigenvalue weighted by atomic mass is 32.2. The Hall–Kier alpha value is -1.61. The maximum atomic E-state index is 13.0. The minimum atomic E-state index is -4.75. The molecule has 22 heavy (non-hydrogen) atoms. The molecule has 120 valence electrons. The first-order valence-electron chi connectivity index (χ1n) is 6.01. The molecule has 0 aliphatic carbocycles. The molecule has 0 saturated carbocycles. The van der Waals surface area contributed by atoms with Crippen LogP contribution in [0, 0.1) is 5.82 Å². The zero-order valence-electron chi connectivity index (χ0n) is 11.1. The summed E-state index contributed by atoms with van der Waals surface area (Å²) in [6.07, 6.45) is -4.75. The van der Waals surface area contributed by atoms with Gasteiger partial charge in [0.1, 0.15) is 5.82 Å². The molecule has 2 aromatic rings. The molecule has 0 saturated heterocycles. The largest absolute Gasteiger partial charge is 0.429 e. The fourth-order valence-electron chi connectivity index (χ4n) is 1.64. The van der Waals surface area contributed by atoms with Crippen LogP contribution in [0.5, 0.6) is 5.75 Å². The second-order valence-corrected chi connectivity index (χ2v) is 6.98. The van der Waals surface area contributed by atoms with E-state index in [4.69, 9.17) is 0 Å². The number of hydrogen-bond acceptors (Lipinski definition) is 4. The van der Waals surface area contributed by atoms with Crippen LogP contribution in [0.25, 0.3) is 11.1 Å². The van der Waals surface area contributed by atoms with E-state index in [1.807, 2.05) is 0 Å². The Balaban J connectivity index is 2.60. The van der Waals surface area contributed by atoms with Crippen molar-refractivity contribution >= 4 is 21.5 Å². The molecule has 0 aliphatic rings. The van der Waals surface area contributed by atoms with Crippen LogP contribution in [0.15, 0.2) is 29.6 Å². The van der Waals surface area contributed by atoms with E-state index in [-0.39, 0.29) is 11.1 Å². The molecular formula is C13H10F4O3S2. The summed E-state index contributed by atoms with van der Waals surface area (Å²) in [6.45, 7) is 1.26. The van der Waals surface area contributed by atoms with E-state index in [9.17, 15) is 26.0 Å². The number of rotatable bonds is 4. The van der Waals surface area contributed by atoms with Gasteiger partial charge in [0, 0.05) is 10.9 Å². The predicted octanol–water partition coefficient (Wildman–Crippen LogP) is 4.30. The van der Waals surface area contributed by atoms with Gasteiger partial charge in [-0.3, -0.25) is 0 Å². The highest BCUT2D eigenvalue weighted by molar-refractivity contribution is 7.87. The van der Waals surface area contributed by atoms with Crippen LogP contribution in [0.1, 0.15) is 11.8 Å². The lowest BCUT2D eigenvalue weighted by molar-refractivity contribution is -0.135. The minimum Gasteiger partial charge on any atom is -0.380 e. The van der Waals surface area contributed by atoms with Crippen LogP contribution in [0.2, 0.25) is 0 Å². The quantitative estimate of drug-likeness (QED) is 0.607. The first-order valence-corrected chi connectivity index (χ1v) is 8.46. The molecular weight excluding hydrogens is 344 g/mol. The van der Waals surface area contributed by atoms with Crippen molar-refractivity contribution in [3.8, 4) is 16.9 Å². The lowest BCUT2D eigenvalue weighted by Crippen LogP contribution is -2.14. The summed E-state index contributed by atoms with van der Waals surface area (Å²) >= 11 is 0.325. The molecule has 3 nitrogen and oxygen atoms in total. The zero-order valence-corrected chi connectivity index (χ0v) is 12.8. The number of benzene rings is 1. The molecule has 1 heterocycles. The average molecular weight is 354 g/mol. The van der Waals surface area contributed by atoms with Crippen LogP contribution in [-0.4, -0.2) is 14.2 Å². The molecule has 0 spiro atoms.